The Labute approximate surface area is 188 Å². The van der Waals surface area contributed by atoms with Crippen LogP contribution in [0.3, 0.4) is 0 Å². The minimum Gasteiger partial charge on any atom is -0.481 e. The van der Waals surface area contributed by atoms with E-state index in [1.54, 1.807) is 23.9 Å². The second-order valence-electron chi connectivity index (χ2n) is 7.60. The maximum absolute atomic E-state index is 12.5. The maximum atomic E-state index is 12.5. The number of imide groups is 1. The van der Waals surface area contributed by atoms with Crippen LogP contribution in [0.5, 0.6) is 5.75 Å². The third-order valence-corrected chi connectivity index (χ3v) is 6.66. The third kappa shape index (κ3) is 3.83. The van der Waals surface area contributed by atoms with E-state index in [0.29, 0.717) is 33.9 Å². The normalized spacial score (nSPS) is 16.0. The van der Waals surface area contributed by atoms with Crippen LogP contribution in [0.4, 0.5) is 5.00 Å². The molecule has 0 spiro atoms. The standard InChI is InChI=1S/C22H21N5O4S/c1-11-12(2)32-22(15(11)9-23)25-18(29)10-31-16-6-4-5-13-19(26-27(3)20(13)16)14-7-8-17(28)24-21(14)30/h4-6,14H,7-8,10H2,1-3H3,(H,25,29)(H,24,28,30). The van der Waals surface area contributed by atoms with Crippen molar-refractivity contribution in [2.75, 3.05) is 11.9 Å². The molecule has 1 aromatic carbocycles. The number of carbonyl (C=O) groups excluding carboxylic acids is 3. The van der Waals surface area contributed by atoms with Gasteiger partial charge in [0.2, 0.25) is 11.8 Å². The number of ether oxygens (including phenoxy) is 1. The summed E-state index contributed by atoms with van der Waals surface area (Å²) in [4.78, 5) is 37.2. The van der Waals surface area contributed by atoms with Crippen LogP contribution in [0.15, 0.2) is 18.2 Å². The van der Waals surface area contributed by atoms with Gasteiger partial charge in [0.25, 0.3) is 5.91 Å². The number of aromatic nitrogens is 2. The van der Waals surface area contributed by atoms with Gasteiger partial charge in [0.15, 0.2) is 6.61 Å². The summed E-state index contributed by atoms with van der Waals surface area (Å²) in [5, 5.41) is 20.2. The van der Waals surface area contributed by atoms with Gasteiger partial charge in [-0.2, -0.15) is 10.4 Å². The van der Waals surface area contributed by atoms with Gasteiger partial charge in [0, 0.05) is 23.7 Å². The van der Waals surface area contributed by atoms with Gasteiger partial charge in [-0.05, 0) is 31.9 Å². The summed E-state index contributed by atoms with van der Waals surface area (Å²) < 4.78 is 7.40. The molecule has 1 saturated heterocycles. The van der Waals surface area contributed by atoms with E-state index in [1.807, 2.05) is 19.9 Å². The first-order chi connectivity index (χ1) is 15.3. The summed E-state index contributed by atoms with van der Waals surface area (Å²) >= 11 is 1.35. The number of hydrogen-bond acceptors (Lipinski definition) is 7. The van der Waals surface area contributed by atoms with Crippen molar-refractivity contribution in [1.29, 1.82) is 5.26 Å². The third-order valence-electron chi connectivity index (χ3n) is 5.53. The molecule has 1 aliphatic rings. The molecule has 2 aromatic heterocycles. The van der Waals surface area contributed by atoms with Crippen molar-refractivity contribution in [1.82, 2.24) is 15.1 Å². The molecule has 10 heteroatoms. The Morgan fingerprint density at radius 3 is 2.91 bits per heavy atom. The van der Waals surface area contributed by atoms with E-state index in [2.05, 4.69) is 21.8 Å². The summed E-state index contributed by atoms with van der Waals surface area (Å²) in [5.74, 6) is -1.10. The number of para-hydroxylation sites is 1. The van der Waals surface area contributed by atoms with E-state index in [0.717, 1.165) is 15.8 Å². The van der Waals surface area contributed by atoms with Crippen molar-refractivity contribution in [3.63, 3.8) is 0 Å². The highest BCUT2D eigenvalue weighted by molar-refractivity contribution is 7.16. The molecule has 32 heavy (non-hydrogen) atoms. The number of nitrogens with zero attached hydrogens (tertiary/aromatic N) is 3. The van der Waals surface area contributed by atoms with Crippen LogP contribution in [0.25, 0.3) is 10.9 Å². The lowest BCUT2D eigenvalue weighted by molar-refractivity contribution is -0.134. The molecule has 2 N–H and O–H groups in total. The number of piperidine rings is 1. The molecule has 0 saturated carbocycles. The number of rotatable bonds is 5. The van der Waals surface area contributed by atoms with Gasteiger partial charge in [-0.3, -0.25) is 24.4 Å². The van der Waals surface area contributed by atoms with Gasteiger partial charge in [-0.15, -0.1) is 11.3 Å². The zero-order valence-corrected chi connectivity index (χ0v) is 18.6. The number of nitrogens with one attached hydrogen (secondary N) is 2. The molecule has 4 rings (SSSR count). The first-order valence-electron chi connectivity index (χ1n) is 10.0. The fourth-order valence-electron chi connectivity index (χ4n) is 3.81. The SMILES string of the molecule is Cc1sc(NC(=O)COc2cccc3c(C4CCC(=O)NC4=O)nn(C)c23)c(C#N)c1C. The monoisotopic (exact) mass is 451 g/mol. The Balaban J connectivity index is 1.54. The summed E-state index contributed by atoms with van der Waals surface area (Å²) in [6.07, 6.45) is 0.655. The van der Waals surface area contributed by atoms with Gasteiger partial charge < -0.3 is 10.1 Å². The number of aryl methyl sites for hydroxylation is 2. The minimum absolute atomic E-state index is 0.251. The number of anilines is 1. The molecule has 1 aliphatic heterocycles. The van der Waals surface area contributed by atoms with Crippen molar-refractivity contribution in [2.24, 2.45) is 7.05 Å². The number of hydrogen-bond donors (Lipinski definition) is 2. The minimum atomic E-state index is -0.523. The predicted molar refractivity (Wildman–Crippen MR) is 118 cm³/mol. The zero-order valence-electron chi connectivity index (χ0n) is 17.8. The smallest absolute Gasteiger partial charge is 0.262 e. The fourth-order valence-corrected chi connectivity index (χ4v) is 4.84. The zero-order chi connectivity index (χ0) is 23.0. The molecule has 0 bridgehead atoms. The van der Waals surface area contributed by atoms with Crippen molar-refractivity contribution in [3.8, 4) is 11.8 Å². The topological polar surface area (TPSA) is 126 Å². The van der Waals surface area contributed by atoms with Crippen LogP contribution in [0.1, 0.15) is 40.5 Å². The summed E-state index contributed by atoms with van der Waals surface area (Å²) in [7, 11) is 1.74. The lowest BCUT2D eigenvalue weighted by atomic mass is 9.93. The Bertz CT molecular complexity index is 1300. The molecule has 3 aromatic rings. The fraction of sp³-hybridized carbons (Fsp3) is 0.318. The summed E-state index contributed by atoms with van der Waals surface area (Å²) in [6.45, 7) is 3.49. The van der Waals surface area contributed by atoms with Gasteiger partial charge in [0.05, 0.1) is 17.2 Å². The van der Waals surface area contributed by atoms with Crippen LogP contribution in [-0.4, -0.2) is 34.1 Å². The van der Waals surface area contributed by atoms with Crippen molar-refractivity contribution in [3.05, 3.63) is 39.9 Å². The van der Waals surface area contributed by atoms with E-state index in [9.17, 15) is 19.6 Å². The Morgan fingerprint density at radius 1 is 1.41 bits per heavy atom. The molecule has 3 heterocycles. The van der Waals surface area contributed by atoms with Crippen LogP contribution in [0, 0.1) is 25.2 Å². The number of carbonyl (C=O) groups is 3. The number of thiophene rings is 1. The molecular weight excluding hydrogens is 430 g/mol. The molecule has 1 atom stereocenters. The number of nitriles is 1. The second-order valence-corrected chi connectivity index (χ2v) is 8.83. The van der Waals surface area contributed by atoms with Crippen LogP contribution in [-0.2, 0) is 21.4 Å². The average molecular weight is 452 g/mol. The molecule has 0 radical (unpaired) electrons. The first kappa shape index (κ1) is 21.5. The highest BCUT2D eigenvalue weighted by atomic mass is 32.1. The Kier molecular flexibility index (Phi) is 5.67. The largest absolute Gasteiger partial charge is 0.481 e. The quantitative estimate of drug-likeness (QED) is 0.575. The molecule has 0 aliphatic carbocycles. The molecule has 3 amide bonds. The first-order valence-corrected chi connectivity index (χ1v) is 10.8. The summed E-state index contributed by atoms with van der Waals surface area (Å²) in [5.41, 5.74) is 2.55. The molecule has 1 unspecified atom stereocenters. The van der Waals surface area contributed by atoms with E-state index < -0.39 is 5.92 Å². The van der Waals surface area contributed by atoms with E-state index in [4.69, 9.17) is 4.74 Å². The Morgan fingerprint density at radius 2 is 2.19 bits per heavy atom. The van der Waals surface area contributed by atoms with Crippen molar-refractivity contribution < 1.29 is 19.1 Å². The highest BCUT2D eigenvalue weighted by Gasteiger charge is 2.32. The molecular formula is C22H21N5O4S. The van der Waals surface area contributed by atoms with E-state index >= 15 is 0 Å². The number of amides is 3. The van der Waals surface area contributed by atoms with Crippen molar-refractivity contribution in [2.45, 2.75) is 32.6 Å². The number of benzene rings is 1. The van der Waals surface area contributed by atoms with E-state index in [1.165, 1.54) is 11.3 Å². The van der Waals surface area contributed by atoms with Crippen LogP contribution in [0.2, 0.25) is 0 Å². The highest BCUT2D eigenvalue weighted by Crippen LogP contribution is 2.34. The number of fused-ring (bicyclic) bond motifs is 1. The van der Waals surface area contributed by atoms with E-state index in [-0.39, 0.29) is 30.7 Å². The second kappa shape index (κ2) is 8.43. The molecule has 1 fully saturated rings. The Hall–Kier alpha value is -3.71. The van der Waals surface area contributed by atoms with Crippen LogP contribution >= 0.6 is 11.3 Å². The average Bonchev–Trinajstić information content (AvgIpc) is 3.22. The van der Waals surface area contributed by atoms with Gasteiger partial charge >= 0.3 is 0 Å². The van der Waals surface area contributed by atoms with Crippen LogP contribution < -0.4 is 15.4 Å². The predicted octanol–water partition coefficient (Wildman–Crippen LogP) is 2.66. The lowest BCUT2D eigenvalue weighted by Crippen LogP contribution is -2.39. The molecule has 164 valence electrons. The van der Waals surface area contributed by atoms with Crippen molar-refractivity contribution >= 4 is 45.0 Å². The molecule has 9 nitrogen and oxygen atoms in total. The van der Waals surface area contributed by atoms with Gasteiger partial charge in [-0.25, -0.2) is 0 Å². The summed E-state index contributed by atoms with van der Waals surface area (Å²) in [6, 6.07) is 7.46. The van der Waals surface area contributed by atoms with Gasteiger partial charge in [-0.1, -0.05) is 12.1 Å². The van der Waals surface area contributed by atoms with Gasteiger partial charge in [0.1, 0.15) is 22.3 Å². The lowest BCUT2D eigenvalue weighted by Gasteiger charge is -2.19. The maximum Gasteiger partial charge on any atom is 0.262 e.